The van der Waals surface area contributed by atoms with Crippen LogP contribution in [0.4, 0.5) is 0 Å². The van der Waals surface area contributed by atoms with E-state index in [1.165, 1.54) is 19.3 Å². The van der Waals surface area contributed by atoms with E-state index < -0.39 is 0 Å². The number of carbonyl (C=O) groups excluding carboxylic acids is 1. The highest BCUT2D eigenvalue weighted by atomic mass is 32.1. The molecule has 0 spiro atoms. The molecule has 0 radical (unpaired) electrons. The van der Waals surface area contributed by atoms with E-state index in [9.17, 15) is 4.79 Å². The molecule has 2 aromatic rings. The van der Waals surface area contributed by atoms with Gasteiger partial charge in [0.1, 0.15) is 6.26 Å². The average molecular weight is 345 g/mol. The molecule has 5 nitrogen and oxygen atoms in total. The molecule has 2 atom stereocenters. The van der Waals surface area contributed by atoms with Gasteiger partial charge in [-0.15, -0.1) is 11.3 Å². The summed E-state index contributed by atoms with van der Waals surface area (Å²) in [4.78, 5) is 17.9. The maximum Gasteiger partial charge on any atom is 0.236 e. The van der Waals surface area contributed by atoms with Crippen molar-refractivity contribution in [3.63, 3.8) is 0 Å². The molecule has 2 fully saturated rings. The highest BCUT2D eigenvalue weighted by molar-refractivity contribution is 7.13. The fourth-order valence-electron chi connectivity index (χ4n) is 4.33. The smallest absolute Gasteiger partial charge is 0.236 e. The van der Waals surface area contributed by atoms with Crippen LogP contribution in [0.3, 0.4) is 0 Å². The molecule has 2 aromatic heterocycles. The van der Waals surface area contributed by atoms with Gasteiger partial charge in [0.2, 0.25) is 11.8 Å². The molecule has 24 heavy (non-hydrogen) atoms. The van der Waals surface area contributed by atoms with Crippen LogP contribution < -0.4 is 11.1 Å². The molecule has 2 bridgehead atoms. The number of rotatable bonds is 4. The van der Waals surface area contributed by atoms with Crippen molar-refractivity contribution in [1.82, 2.24) is 10.3 Å². The second-order valence-corrected chi connectivity index (χ2v) is 8.02. The van der Waals surface area contributed by atoms with Crippen LogP contribution in [0.25, 0.3) is 10.8 Å². The number of fused-ring (bicyclic) bond motifs is 2. The van der Waals surface area contributed by atoms with Crippen LogP contribution >= 0.6 is 11.3 Å². The lowest BCUT2D eigenvalue weighted by Gasteiger charge is -2.45. The van der Waals surface area contributed by atoms with Crippen LogP contribution in [0.1, 0.15) is 37.8 Å². The molecule has 2 aliphatic rings. The Morgan fingerprint density at radius 1 is 1.38 bits per heavy atom. The fraction of sp³-hybridized carbons (Fsp3) is 0.556. The van der Waals surface area contributed by atoms with Crippen molar-refractivity contribution in [3.8, 4) is 10.8 Å². The summed E-state index contributed by atoms with van der Waals surface area (Å²) in [5.74, 6) is 1.71. The summed E-state index contributed by atoms with van der Waals surface area (Å²) in [5, 5.41) is 5.24. The second-order valence-electron chi connectivity index (χ2n) is 7.07. The molecule has 0 aliphatic heterocycles. The van der Waals surface area contributed by atoms with Gasteiger partial charge in [0.25, 0.3) is 0 Å². The van der Waals surface area contributed by atoms with Crippen molar-refractivity contribution in [2.75, 3.05) is 0 Å². The van der Waals surface area contributed by atoms with Gasteiger partial charge in [0, 0.05) is 12.1 Å². The van der Waals surface area contributed by atoms with Crippen LogP contribution in [0.5, 0.6) is 0 Å². The van der Waals surface area contributed by atoms with Crippen LogP contribution in [-0.4, -0.2) is 23.0 Å². The van der Waals surface area contributed by atoms with E-state index in [2.05, 4.69) is 10.3 Å². The van der Waals surface area contributed by atoms with Crippen LogP contribution in [0.15, 0.2) is 28.2 Å². The molecule has 3 N–H and O–H groups in total. The predicted octanol–water partition coefficient (Wildman–Crippen LogP) is 2.97. The van der Waals surface area contributed by atoms with Gasteiger partial charge >= 0.3 is 0 Å². The van der Waals surface area contributed by atoms with Crippen molar-refractivity contribution in [2.24, 2.45) is 17.6 Å². The number of thiophene rings is 1. The Bertz CT molecular complexity index is 683. The Balaban J connectivity index is 1.38. The molecule has 128 valence electrons. The monoisotopic (exact) mass is 345 g/mol. The number of carbonyl (C=O) groups is 1. The lowest BCUT2D eigenvalue weighted by molar-refractivity contribution is -0.122. The van der Waals surface area contributed by atoms with E-state index in [-0.39, 0.29) is 18.4 Å². The third kappa shape index (κ3) is 3.26. The maximum atomic E-state index is 12.5. The number of amides is 1. The Hall–Kier alpha value is -1.66. The Kier molecular flexibility index (Phi) is 4.41. The summed E-state index contributed by atoms with van der Waals surface area (Å²) in [6.07, 6.45) is 7.57. The first-order chi connectivity index (χ1) is 11.7. The minimum absolute atomic E-state index is 0.0402. The summed E-state index contributed by atoms with van der Waals surface area (Å²) >= 11 is 1.58. The van der Waals surface area contributed by atoms with Crippen LogP contribution in [0.2, 0.25) is 0 Å². The second kappa shape index (κ2) is 6.69. The van der Waals surface area contributed by atoms with Crippen molar-refractivity contribution >= 4 is 17.2 Å². The summed E-state index contributed by atoms with van der Waals surface area (Å²) in [7, 11) is 0. The topological polar surface area (TPSA) is 81.1 Å². The summed E-state index contributed by atoms with van der Waals surface area (Å²) < 4.78 is 5.49. The van der Waals surface area contributed by atoms with E-state index in [0.29, 0.717) is 29.5 Å². The molecule has 1 amide bonds. The van der Waals surface area contributed by atoms with Gasteiger partial charge in [-0.1, -0.05) is 12.5 Å². The first-order valence-electron chi connectivity index (χ1n) is 8.72. The number of nitrogens with two attached hydrogens (primary N) is 1. The SMILES string of the molecule is NC1CC2CCCC(C1)C2NC(=O)Cc1coc(-c2cccs2)n1. The van der Waals surface area contributed by atoms with E-state index in [1.54, 1.807) is 17.6 Å². The standard InChI is InChI=1S/C18H23N3O2S/c19-13-7-11-3-1-4-12(8-13)17(11)21-16(22)9-14-10-23-18(20-14)15-5-2-6-24-15/h2,5-6,10-13,17H,1,3-4,7-9,19H2,(H,21,22). The number of hydrogen-bond donors (Lipinski definition) is 2. The van der Waals surface area contributed by atoms with Gasteiger partial charge in [-0.25, -0.2) is 4.98 Å². The molecular weight excluding hydrogens is 322 g/mol. The quantitative estimate of drug-likeness (QED) is 0.892. The third-order valence-corrected chi connectivity index (χ3v) is 6.19. The number of nitrogens with zero attached hydrogens (tertiary/aromatic N) is 1. The van der Waals surface area contributed by atoms with Crippen molar-refractivity contribution < 1.29 is 9.21 Å². The van der Waals surface area contributed by atoms with Crippen LogP contribution in [-0.2, 0) is 11.2 Å². The number of oxazole rings is 1. The van der Waals surface area contributed by atoms with Crippen molar-refractivity contribution in [2.45, 2.75) is 50.6 Å². The summed E-state index contributed by atoms with van der Waals surface area (Å²) in [6.45, 7) is 0. The molecule has 2 saturated carbocycles. The minimum Gasteiger partial charge on any atom is -0.444 e. The molecule has 2 heterocycles. The summed E-state index contributed by atoms with van der Waals surface area (Å²) in [6, 6.07) is 4.52. The van der Waals surface area contributed by atoms with E-state index >= 15 is 0 Å². The lowest BCUT2D eigenvalue weighted by atomic mass is 9.67. The maximum absolute atomic E-state index is 12.5. The van der Waals surface area contributed by atoms with Gasteiger partial charge in [0.15, 0.2) is 0 Å². The highest BCUT2D eigenvalue weighted by Crippen LogP contribution is 2.39. The molecule has 4 rings (SSSR count). The minimum atomic E-state index is 0.0402. The molecule has 6 heteroatoms. The van der Waals surface area contributed by atoms with E-state index in [1.807, 2.05) is 17.5 Å². The summed E-state index contributed by atoms with van der Waals surface area (Å²) in [5.41, 5.74) is 6.85. The Labute approximate surface area is 145 Å². The largest absolute Gasteiger partial charge is 0.444 e. The van der Waals surface area contributed by atoms with Crippen LogP contribution in [0, 0.1) is 11.8 Å². The number of hydrogen-bond acceptors (Lipinski definition) is 5. The van der Waals surface area contributed by atoms with Gasteiger partial charge < -0.3 is 15.5 Å². The molecular formula is C18H23N3O2S. The normalized spacial score (nSPS) is 29.4. The van der Waals surface area contributed by atoms with Crippen molar-refractivity contribution in [1.29, 1.82) is 0 Å². The first kappa shape index (κ1) is 15.8. The Morgan fingerprint density at radius 2 is 2.17 bits per heavy atom. The molecule has 0 saturated heterocycles. The highest BCUT2D eigenvalue weighted by Gasteiger charge is 2.39. The predicted molar refractivity (Wildman–Crippen MR) is 93.5 cm³/mol. The first-order valence-corrected chi connectivity index (χ1v) is 9.60. The van der Waals surface area contributed by atoms with Crippen molar-refractivity contribution in [3.05, 3.63) is 29.5 Å². The Morgan fingerprint density at radius 3 is 2.88 bits per heavy atom. The van der Waals surface area contributed by atoms with Gasteiger partial charge in [-0.2, -0.15) is 0 Å². The lowest BCUT2D eigenvalue weighted by Crippen LogP contribution is -2.54. The van der Waals surface area contributed by atoms with Gasteiger partial charge in [-0.05, 0) is 49.0 Å². The molecule has 0 aromatic carbocycles. The number of nitrogens with one attached hydrogen (secondary N) is 1. The zero-order valence-corrected chi connectivity index (χ0v) is 14.4. The van der Waals surface area contributed by atoms with Gasteiger partial charge in [0.05, 0.1) is 17.0 Å². The molecule has 2 aliphatic carbocycles. The van der Waals surface area contributed by atoms with E-state index in [4.69, 9.17) is 10.2 Å². The fourth-order valence-corrected chi connectivity index (χ4v) is 4.98. The third-order valence-electron chi connectivity index (χ3n) is 5.33. The average Bonchev–Trinajstić information content (AvgIpc) is 3.19. The molecule has 2 unspecified atom stereocenters. The number of aromatic nitrogens is 1. The zero-order chi connectivity index (χ0) is 16.5. The van der Waals surface area contributed by atoms with Gasteiger partial charge in [-0.3, -0.25) is 4.79 Å². The zero-order valence-electron chi connectivity index (χ0n) is 13.6. The van der Waals surface area contributed by atoms with E-state index in [0.717, 1.165) is 17.7 Å².